The van der Waals surface area contributed by atoms with Gasteiger partial charge in [-0.25, -0.2) is 0 Å². The molecule has 0 amide bonds. The average Bonchev–Trinajstić information content (AvgIpc) is 4.18. The molecule has 0 bridgehead atoms. The second-order valence-corrected chi connectivity index (χ2v) is 25.9. The number of hydrogen-bond donors (Lipinski definition) is 0. The second-order valence-electron chi connectivity index (χ2n) is 24.3. The molecule has 10 aliphatic rings. The quantitative estimate of drug-likeness (QED) is 0.109. The van der Waals surface area contributed by atoms with E-state index in [4.69, 9.17) is 0 Å². The van der Waals surface area contributed by atoms with Gasteiger partial charge in [-0.05, 0) is 158 Å². The number of alkyl halides is 1. The molecule has 10 atom stereocenters. The fourth-order valence-corrected chi connectivity index (χ4v) is 15.8. The predicted octanol–water partition coefficient (Wildman–Crippen LogP) is 21.0. The van der Waals surface area contributed by atoms with Crippen LogP contribution in [0.4, 0.5) is 0 Å². The van der Waals surface area contributed by atoms with Crippen LogP contribution in [0.3, 0.4) is 0 Å². The van der Waals surface area contributed by atoms with E-state index in [1.165, 1.54) is 257 Å². The molecule has 11 heteroatoms. The van der Waals surface area contributed by atoms with E-state index in [-0.39, 0.29) is 160 Å². The first-order chi connectivity index (χ1) is 31.9. The zero-order valence-electron chi connectivity index (χ0n) is 58.4. The van der Waals surface area contributed by atoms with Gasteiger partial charge < -0.3 is 98.8 Å². The molecule has 0 saturated heterocycles. The van der Waals surface area contributed by atoms with Gasteiger partial charge in [-0.3, -0.25) is 0 Å². The van der Waals surface area contributed by atoms with Gasteiger partial charge in [0.1, 0.15) is 0 Å². The third kappa shape index (κ3) is 48.6. The molecule has 502 valence electrons. The second kappa shape index (κ2) is 72.2. The van der Waals surface area contributed by atoms with Crippen LogP contribution in [0, 0.1) is 97.9 Å². The molecule has 10 unspecified atom stereocenters. The number of hydrogen-bond acceptors (Lipinski definition) is 5. The van der Waals surface area contributed by atoms with Crippen molar-refractivity contribution < 1.29 is 85.3 Å². The standard InChI is InChI=1S/2C14H28N2.C7H14IN.5C5H10.10CH3.5Fe/c2*1-15(2)13-9-5-7-11(13)12-8-6-10-14(12)16(3)4;1-9(2)7-5-3-4-6(7)8;5*1-2-4-5-3-1;;;;;;;;;;;;;;;/h2*11-14H,5-10H2,1-4H3;6-7H,3-5H2,1-2H3;5*1-5H2;10*1H3;;;;;/q;;;;;;;;10*-1;5*+2. The minimum absolute atomic E-state index is 0. The molecule has 10 aliphatic carbocycles. The maximum Gasteiger partial charge on any atom is 2.00 e. The smallest absolute Gasteiger partial charge is 0.358 e. The monoisotopic (exact) mass is 1470 g/mol. The molecule has 0 aromatic rings. The predicted molar refractivity (Wildman–Crippen MR) is 368 cm³/mol. The van der Waals surface area contributed by atoms with Crippen LogP contribution in [0.5, 0.6) is 0 Å². The van der Waals surface area contributed by atoms with Crippen molar-refractivity contribution in [3.63, 3.8) is 0 Å². The van der Waals surface area contributed by atoms with Gasteiger partial charge in [-0.1, -0.05) is 215 Å². The summed E-state index contributed by atoms with van der Waals surface area (Å²) >= 11 is 2.57. The summed E-state index contributed by atoms with van der Waals surface area (Å²) in [5.41, 5.74) is 0. The Bertz CT molecular complexity index is 929. The zero-order valence-corrected chi connectivity index (χ0v) is 66.1. The SMILES string of the molecule is C1CCCC1.C1CCCC1.C1CCCC1.C1CCCC1.C1CCCC1.CN(C)C1CCCC1C1CCCC1N(C)C.CN(C)C1CCCC1C1CCCC1N(C)C.CN(C)C1CCCC1I.[CH3-].[CH3-].[CH3-].[CH3-].[CH3-].[CH3-].[CH3-].[CH3-].[CH3-].[CH3-].[Fe+2].[Fe+2].[Fe+2].[Fe+2].[Fe+2]. The molecule has 0 N–H and O–H groups in total. The summed E-state index contributed by atoms with van der Waals surface area (Å²) in [5, 5.41) is 0. The summed E-state index contributed by atoms with van der Waals surface area (Å²) < 4.78 is 0.901. The minimum Gasteiger partial charge on any atom is -0.358 e. The molecule has 10 fully saturated rings. The van der Waals surface area contributed by atoms with E-state index in [0.29, 0.717) is 0 Å². The van der Waals surface area contributed by atoms with E-state index >= 15 is 0 Å². The van der Waals surface area contributed by atoms with E-state index in [2.05, 4.69) is 118 Å². The normalized spacial score (nSPS) is 27.3. The Morgan fingerprint density at radius 3 is 0.407 bits per heavy atom. The van der Waals surface area contributed by atoms with Crippen molar-refractivity contribution in [2.45, 2.75) is 291 Å². The summed E-state index contributed by atoms with van der Waals surface area (Å²) in [7, 11) is 22.5. The summed E-state index contributed by atoms with van der Waals surface area (Å²) in [6.45, 7) is 0. The Labute approximate surface area is 586 Å². The molecule has 0 radical (unpaired) electrons. The van der Waals surface area contributed by atoms with Crippen LogP contribution in [0.1, 0.15) is 257 Å². The molecule has 10 rings (SSSR count). The number of rotatable bonds is 7. The van der Waals surface area contributed by atoms with Crippen molar-refractivity contribution in [3.8, 4) is 0 Å². The Morgan fingerprint density at radius 1 is 0.185 bits per heavy atom. The zero-order chi connectivity index (χ0) is 47.9. The van der Waals surface area contributed by atoms with Crippen molar-refractivity contribution in [2.24, 2.45) is 23.7 Å². The van der Waals surface area contributed by atoms with Gasteiger partial charge in [-0.15, -0.1) is 0 Å². The van der Waals surface area contributed by atoms with Gasteiger partial charge in [0.05, 0.1) is 0 Å². The van der Waals surface area contributed by atoms with Crippen LogP contribution in [-0.2, 0) is 85.3 Å². The van der Waals surface area contributed by atoms with Crippen LogP contribution >= 0.6 is 22.6 Å². The number of halogens is 1. The Balaban J connectivity index is -0.0000000604. The summed E-state index contributed by atoms with van der Waals surface area (Å²) in [6, 6.07) is 4.26. The van der Waals surface area contributed by atoms with E-state index in [9.17, 15) is 0 Å². The molecule has 0 aromatic heterocycles. The van der Waals surface area contributed by atoms with Crippen LogP contribution in [0.2, 0.25) is 0 Å². The van der Waals surface area contributed by atoms with Gasteiger partial charge >= 0.3 is 85.3 Å². The molecular formula is C70H150Fe5IN5. The summed E-state index contributed by atoms with van der Waals surface area (Å²) in [6.07, 6.45) is 59.1. The van der Waals surface area contributed by atoms with E-state index < -0.39 is 0 Å². The van der Waals surface area contributed by atoms with Crippen molar-refractivity contribution in [3.05, 3.63) is 74.3 Å². The first kappa shape index (κ1) is 115. The summed E-state index contributed by atoms with van der Waals surface area (Å²) in [4.78, 5) is 12.3. The number of nitrogens with zero attached hydrogens (tertiary/aromatic N) is 5. The molecule has 81 heavy (non-hydrogen) atoms. The van der Waals surface area contributed by atoms with E-state index in [1.807, 2.05) is 0 Å². The van der Waals surface area contributed by atoms with Crippen molar-refractivity contribution >= 4 is 22.6 Å². The third-order valence-corrected chi connectivity index (χ3v) is 19.6. The molecule has 5 nitrogen and oxygen atoms in total. The molecule has 0 heterocycles. The van der Waals surface area contributed by atoms with Crippen LogP contribution in [0.15, 0.2) is 0 Å². The van der Waals surface area contributed by atoms with Crippen LogP contribution < -0.4 is 0 Å². The fourth-order valence-electron chi connectivity index (χ4n) is 14.3. The van der Waals surface area contributed by atoms with Crippen LogP contribution in [-0.4, -0.2) is 129 Å². The first-order valence-electron chi connectivity index (χ1n) is 29.9. The van der Waals surface area contributed by atoms with Crippen LogP contribution in [0.25, 0.3) is 0 Å². The van der Waals surface area contributed by atoms with Crippen molar-refractivity contribution in [1.29, 1.82) is 0 Å². The molecule has 10 saturated carbocycles. The Hall–Kier alpha value is 3.13. The molecule has 0 spiro atoms. The van der Waals surface area contributed by atoms with Gasteiger partial charge in [0, 0.05) is 34.1 Å². The average molecular weight is 1470 g/mol. The maximum absolute atomic E-state index is 2.57. The third-order valence-electron chi connectivity index (χ3n) is 18.2. The van der Waals surface area contributed by atoms with Crippen molar-refractivity contribution in [1.82, 2.24) is 24.5 Å². The van der Waals surface area contributed by atoms with Gasteiger partial charge in [0.25, 0.3) is 0 Å². The first-order valence-corrected chi connectivity index (χ1v) is 31.1. The van der Waals surface area contributed by atoms with E-state index in [0.717, 1.165) is 57.8 Å². The topological polar surface area (TPSA) is 16.2 Å². The molecular weight excluding hydrogens is 1320 g/mol. The Morgan fingerprint density at radius 2 is 0.309 bits per heavy atom. The van der Waals surface area contributed by atoms with Gasteiger partial charge in [0.15, 0.2) is 0 Å². The minimum atomic E-state index is 0. The fraction of sp³-hybridized carbons (Fsp3) is 0.857. The molecule has 0 aliphatic heterocycles. The summed E-state index contributed by atoms with van der Waals surface area (Å²) in [5.74, 6) is 3.85. The van der Waals surface area contributed by atoms with Gasteiger partial charge in [-0.2, -0.15) is 0 Å². The molecule has 0 aromatic carbocycles. The van der Waals surface area contributed by atoms with E-state index in [1.54, 1.807) is 0 Å². The largest absolute Gasteiger partial charge is 2.00 e. The maximum atomic E-state index is 2.57. The van der Waals surface area contributed by atoms with Crippen molar-refractivity contribution in [2.75, 3.05) is 70.5 Å². The van der Waals surface area contributed by atoms with Gasteiger partial charge in [0.2, 0.25) is 0 Å². The Kier molecular flexibility index (Phi) is 102.